The normalized spacial score (nSPS) is 17.3. The molecule has 0 saturated carbocycles. The number of ether oxygens (including phenoxy) is 2. The Kier molecular flexibility index (Phi) is 5.58. The Morgan fingerprint density at radius 2 is 1.94 bits per heavy atom. The Morgan fingerprint density at radius 3 is 2.78 bits per heavy atom. The van der Waals surface area contributed by atoms with Crippen molar-refractivity contribution in [2.24, 2.45) is 5.92 Å². The second-order valence-corrected chi connectivity index (χ2v) is 7.97. The summed E-state index contributed by atoms with van der Waals surface area (Å²) in [4.78, 5) is 23.7. The van der Waals surface area contributed by atoms with E-state index in [1.165, 1.54) is 12.1 Å². The third-order valence-electron chi connectivity index (χ3n) is 5.77. The molecular formula is C24H23FN4O3. The number of hydrogen-bond donors (Lipinski definition) is 1. The van der Waals surface area contributed by atoms with Crippen molar-refractivity contribution in [3.8, 4) is 22.6 Å². The van der Waals surface area contributed by atoms with Crippen molar-refractivity contribution in [3.63, 3.8) is 0 Å². The van der Waals surface area contributed by atoms with Crippen molar-refractivity contribution < 1.29 is 18.7 Å². The Balaban J connectivity index is 1.20. The van der Waals surface area contributed by atoms with Gasteiger partial charge in [-0.15, -0.1) is 0 Å². The molecule has 0 aliphatic carbocycles. The average Bonchev–Trinajstić information content (AvgIpc) is 3.31. The van der Waals surface area contributed by atoms with Gasteiger partial charge < -0.3 is 19.7 Å². The molecule has 3 heterocycles. The highest BCUT2D eigenvalue weighted by atomic mass is 19.1. The number of anilines is 1. The lowest BCUT2D eigenvalue weighted by Gasteiger charge is -2.32. The highest BCUT2D eigenvalue weighted by Gasteiger charge is 2.27. The molecule has 1 N–H and O–H groups in total. The van der Waals surface area contributed by atoms with E-state index in [4.69, 9.17) is 9.47 Å². The molecule has 8 heteroatoms. The predicted octanol–water partition coefficient (Wildman–Crippen LogP) is 3.54. The molecule has 1 saturated heterocycles. The number of fused-ring (bicyclic) bond motifs is 1. The van der Waals surface area contributed by atoms with Gasteiger partial charge in [0.05, 0.1) is 5.92 Å². The van der Waals surface area contributed by atoms with Crippen LogP contribution >= 0.6 is 0 Å². The number of rotatable bonds is 5. The number of aromatic nitrogens is 2. The van der Waals surface area contributed by atoms with Gasteiger partial charge in [-0.25, -0.2) is 14.4 Å². The van der Waals surface area contributed by atoms with Crippen LogP contribution in [0.2, 0.25) is 0 Å². The van der Waals surface area contributed by atoms with Crippen LogP contribution in [-0.4, -0.2) is 35.8 Å². The predicted molar refractivity (Wildman–Crippen MR) is 117 cm³/mol. The minimum absolute atomic E-state index is 0.0174. The molecule has 0 radical (unpaired) electrons. The number of carbonyl (C=O) groups is 1. The summed E-state index contributed by atoms with van der Waals surface area (Å²) in [5.74, 6) is 1.61. The Hall–Kier alpha value is -3.68. The van der Waals surface area contributed by atoms with Gasteiger partial charge in [-0.2, -0.15) is 0 Å². The number of nitrogens with zero attached hydrogens (tertiary/aromatic N) is 3. The molecule has 0 bridgehead atoms. The standard InChI is InChI=1S/C24H23FN4O3/c25-20-5-1-3-17(10-20)19-12-27-24(28-13-19)29-8-2-4-18(14-29)23(30)26-11-16-6-7-21-22(9-16)32-15-31-21/h1,3,5-7,9-10,12-13,18H,2,4,8,11,14-15H2,(H,26,30)/t18-/m1/s1. The minimum atomic E-state index is -0.294. The fourth-order valence-corrected chi connectivity index (χ4v) is 4.06. The zero-order chi connectivity index (χ0) is 21.9. The molecule has 3 aromatic rings. The summed E-state index contributed by atoms with van der Waals surface area (Å²) in [5.41, 5.74) is 2.45. The largest absolute Gasteiger partial charge is 0.454 e. The maximum Gasteiger partial charge on any atom is 0.231 e. The van der Waals surface area contributed by atoms with Gasteiger partial charge in [-0.05, 0) is 48.2 Å². The average molecular weight is 434 g/mol. The maximum atomic E-state index is 13.5. The van der Waals surface area contributed by atoms with Crippen LogP contribution in [0.5, 0.6) is 11.5 Å². The smallest absolute Gasteiger partial charge is 0.231 e. The molecule has 2 aliphatic heterocycles. The van der Waals surface area contributed by atoms with Gasteiger partial charge in [0.2, 0.25) is 18.6 Å². The second-order valence-electron chi connectivity index (χ2n) is 7.97. The number of halogens is 1. The molecule has 164 valence electrons. The summed E-state index contributed by atoms with van der Waals surface area (Å²) in [5, 5.41) is 3.03. The van der Waals surface area contributed by atoms with Crippen molar-refractivity contribution >= 4 is 11.9 Å². The number of carbonyl (C=O) groups excluding carboxylic acids is 1. The number of hydrogen-bond acceptors (Lipinski definition) is 6. The Morgan fingerprint density at radius 1 is 1.09 bits per heavy atom. The Bertz CT molecular complexity index is 1120. The number of nitrogens with one attached hydrogen (secondary N) is 1. The summed E-state index contributed by atoms with van der Waals surface area (Å²) in [6, 6.07) is 12.0. The van der Waals surface area contributed by atoms with Crippen LogP contribution in [0.1, 0.15) is 18.4 Å². The van der Waals surface area contributed by atoms with E-state index in [2.05, 4.69) is 15.3 Å². The molecule has 5 rings (SSSR count). The summed E-state index contributed by atoms with van der Waals surface area (Å²) >= 11 is 0. The van der Waals surface area contributed by atoms with Gasteiger partial charge in [-0.1, -0.05) is 18.2 Å². The molecule has 32 heavy (non-hydrogen) atoms. The summed E-state index contributed by atoms with van der Waals surface area (Å²) < 4.78 is 24.2. The molecule has 2 aromatic carbocycles. The van der Waals surface area contributed by atoms with Gasteiger partial charge in [0.25, 0.3) is 0 Å². The molecule has 2 aliphatic rings. The molecular weight excluding hydrogens is 411 g/mol. The lowest BCUT2D eigenvalue weighted by atomic mass is 9.97. The van der Waals surface area contributed by atoms with E-state index >= 15 is 0 Å². The van der Waals surface area contributed by atoms with Gasteiger partial charge >= 0.3 is 0 Å². The zero-order valence-corrected chi connectivity index (χ0v) is 17.5. The van der Waals surface area contributed by atoms with Gasteiger partial charge in [0, 0.05) is 37.6 Å². The van der Waals surface area contributed by atoms with Crippen LogP contribution in [0.15, 0.2) is 54.9 Å². The van der Waals surface area contributed by atoms with Crippen molar-refractivity contribution in [2.45, 2.75) is 19.4 Å². The first-order chi connectivity index (χ1) is 15.7. The van der Waals surface area contributed by atoms with E-state index in [0.29, 0.717) is 24.8 Å². The zero-order valence-electron chi connectivity index (χ0n) is 17.5. The van der Waals surface area contributed by atoms with Crippen molar-refractivity contribution in [3.05, 3.63) is 66.2 Å². The van der Waals surface area contributed by atoms with Crippen LogP contribution in [0.25, 0.3) is 11.1 Å². The lowest BCUT2D eigenvalue weighted by Crippen LogP contribution is -2.43. The van der Waals surface area contributed by atoms with Gasteiger partial charge in [0.15, 0.2) is 11.5 Å². The molecule has 1 atom stereocenters. The summed E-state index contributed by atoms with van der Waals surface area (Å²) in [6.07, 6.45) is 5.10. The first kappa shape index (κ1) is 20.2. The van der Waals surface area contributed by atoms with E-state index in [0.717, 1.165) is 41.8 Å². The van der Waals surface area contributed by atoms with Crippen LogP contribution < -0.4 is 19.7 Å². The van der Waals surface area contributed by atoms with Crippen LogP contribution in [0.4, 0.5) is 10.3 Å². The highest BCUT2D eigenvalue weighted by molar-refractivity contribution is 5.79. The molecule has 0 unspecified atom stereocenters. The fourth-order valence-electron chi connectivity index (χ4n) is 4.06. The lowest BCUT2D eigenvalue weighted by molar-refractivity contribution is -0.125. The van der Waals surface area contributed by atoms with Crippen LogP contribution in [0.3, 0.4) is 0 Å². The van der Waals surface area contributed by atoms with Crippen molar-refractivity contribution in [2.75, 3.05) is 24.8 Å². The third kappa shape index (κ3) is 4.34. The molecule has 7 nitrogen and oxygen atoms in total. The van der Waals surface area contributed by atoms with Crippen molar-refractivity contribution in [1.82, 2.24) is 15.3 Å². The van der Waals surface area contributed by atoms with Crippen LogP contribution in [0, 0.1) is 11.7 Å². The minimum Gasteiger partial charge on any atom is -0.454 e. The molecule has 1 aromatic heterocycles. The van der Waals surface area contributed by atoms with E-state index < -0.39 is 0 Å². The SMILES string of the molecule is O=C(NCc1ccc2c(c1)OCO2)[C@@H]1CCCN(c2ncc(-c3cccc(F)c3)cn2)C1. The maximum absolute atomic E-state index is 13.5. The Labute approximate surface area is 185 Å². The van der Waals surface area contributed by atoms with E-state index in [1.54, 1.807) is 18.5 Å². The first-order valence-electron chi connectivity index (χ1n) is 10.6. The van der Waals surface area contributed by atoms with Gasteiger partial charge in [0.1, 0.15) is 5.82 Å². The molecule has 1 amide bonds. The van der Waals surface area contributed by atoms with Gasteiger partial charge in [-0.3, -0.25) is 4.79 Å². The highest BCUT2D eigenvalue weighted by Crippen LogP contribution is 2.32. The summed E-state index contributed by atoms with van der Waals surface area (Å²) in [7, 11) is 0. The van der Waals surface area contributed by atoms with E-state index in [9.17, 15) is 9.18 Å². The second kappa shape index (κ2) is 8.82. The van der Waals surface area contributed by atoms with Crippen molar-refractivity contribution in [1.29, 1.82) is 0 Å². The van der Waals surface area contributed by atoms with E-state index in [-0.39, 0.29) is 24.4 Å². The quantitative estimate of drug-likeness (QED) is 0.662. The topological polar surface area (TPSA) is 76.6 Å². The van der Waals surface area contributed by atoms with Crippen LogP contribution in [-0.2, 0) is 11.3 Å². The van der Waals surface area contributed by atoms with E-state index in [1.807, 2.05) is 29.2 Å². The fraction of sp³-hybridized carbons (Fsp3) is 0.292. The molecule has 1 fully saturated rings. The number of benzene rings is 2. The number of amides is 1. The first-order valence-corrected chi connectivity index (χ1v) is 10.6. The number of piperidine rings is 1. The summed E-state index contributed by atoms with van der Waals surface area (Å²) in [6.45, 7) is 2.02. The monoisotopic (exact) mass is 434 g/mol. The third-order valence-corrected chi connectivity index (χ3v) is 5.77. The molecule has 0 spiro atoms.